The van der Waals surface area contributed by atoms with Crippen LogP contribution in [0.2, 0.25) is 0 Å². The van der Waals surface area contributed by atoms with E-state index in [1.807, 2.05) is 17.0 Å². The highest BCUT2D eigenvalue weighted by Gasteiger charge is 2.32. The second-order valence-electron chi connectivity index (χ2n) is 7.95. The molecule has 0 bridgehead atoms. The Labute approximate surface area is 166 Å². The first kappa shape index (κ1) is 18.5. The molecule has 2 aromatic rings. The number of nitrogens with zero attached hydrogens (tertiary/aromatic N) is 2. The van der Waals surface area contributed by atoms with E-state index in [4.69, 9.17) is 0 Å². The molecule has 1 saturated carbocycles. The monoisotopic (exact) mass is 386 g/mol. The lowest BCUT2D eigenvalue weighted by molar-refractivity contribution is 0.0732. The Morgan fingerprint density at radius 1 is 1.15 bits per heavy atom. The molecule has 1 amide bonds. The summed E-state index contributed by atoms with van der Waals surface area (Å²) in [5.41, 5.74) is 5.84. The average molecular weight is 387 g/mol. The average Bonchev–Trinajstić information content (AvgIpc) is 3.30. The van der Waals surface area contributed by atoms with Crippen LogP contribution in [0, 0.1) is 0 Å². The summed E-state index contributed by atoms with van der Waals surface area (Å²) in [7, 11) is 0. The van der Waals surface area contributed by atoms with Crippen molar-refractivity contribution in [3.63, 3.8) is 0 Å². The SMILES string of the molecule is Cl.O=C(c1ccccc1C1CCNC1)N1CCc2[nH]nc(C3CCC3)c2C1. The second kappa shape index (κ2) is 7.64. The van der Waals surface area contributed by atoms with Gasteiger partial charge in [0.05, 0.1) is 5.69 Å². The molecule has 144 valence electrons. The number of nitrogens with one attached hydrogen (secondary N) is 2. The van der Waals surface area contributed by atoms with Crippen LogP contribution in [-0.4, -0.2) is 40.6 Å². The summed E-state index contributed by atoms with van der Waals surface area (Å²) in [4.78, 5) is 15.4. The van der Waals surface area contributed by atoms with E-state index < -0.39 is 0 Å². The number of H-pyrrole nitrogens is 1. The molecule has 27 heavy (non-hydrogen) atoms. The van der Waals surface area contributed by atoms with Crippen molar-refractivity contribution in [1.82, 2.24) is 20.4 Å². The van der Waals surface area contributed by atoms with Gasteiger partial charge in [-0.15, -0.1) is 12.4 Å². The van der Waals surface area contributed by atoms with Gasteiger partial charge in [0.1, 0.15) is 0 Å². The Balaban J connectivity index is 0.00000180. The zero-order valence-corrected chi connectivity index (χ0v) is 16.4. The van der Waals surface area contributed by atoms with E-state index in [1.165, 1.54) is 41.8 Å². The predicted molar refractivity (Wildman–Crippen MR) is 108 cm³/mol. The van der Waals surface area contributed by atoms with Crippen molar-refractivity contribution in [3.8, 4) is 0 Å². The number of fused-ring (bicyclic) bond motifs is 1. The Morgan fingerprint density at radius 3 is 2.74 bits per heavy atom. The summed E-state index contributed by atoms with van der Waals surface area (Å²) in [6.07, 6.45) is 5.78. The molecule has 1 unspecified atom stereocenters. The molecule has 6 heteroatoms. The summed E-state index contributed by atoms with van der Waals surface area (Å²) in [6.45, 7) is 3.49. The van der Waals surface area contributed by atoms with Crippen molar-refractivity contribution < 1.29 is 4.79 Å². The Bertz CT molecular complexity index is 823. The van der Waals surface area contributed by atoms with Crippen LogP contribution in [0.4, 0.5) is 0 Å². The highest BCUT2D eigenvalue weighted by molar-refractivity contribution is 5.96. The molecule has 0 spiro atoms. The van der Waals surface area contributed by atoms with Crippen LogP contribution >= 0.6 is 12.4 Å². The zero-order chi connectivity index (χ0) is 17.5. The molecule has 5 rings (SSSR count). The van der Waals surface area contributed by atoms with Crippen LogP contribution in [0.25, 0.3) is 0 Å². The summed E-state index contributed by atoms with van der Waals surface area (Å²) in [5.74, 6) is 1.23. The molecule has 1 aliphatic carbocycles. The van der Waals surface area contributed by atoms with Gasteiger partial charge in [-0.1, -0.05) is 24.6 Å². The number of rotatable bonds is 3. The lowest BCUT2D eigenvalue weighted by Crippen LogP contribution is -2.37. The van der Waals surface area contributed by atoms with Crippen LogP contribution < -0.4 is 5.32 Å². The van der Waals surface area contributed by atoms with Gasteiger partial charge in [-0.2, -0.15) is 5.10 Å². The van der Waals surface area contributed by atoms with Crippen molar-refractivity contribution in [2.45, 2.75) is 50.5 Å². The number of hydrogen-bond donors (Lipinski definition) is 2. The first-order chi connectivity index (χ1) is 12.8. The first-order valence-electron chi connectivity index (χ1n) is 9.96. The first-order valence-corrected chi connectivity index (χ1v) is 9.96. The molecule has 0 radical (unpaired) electrons. The van der Waals surface area contributed by atoms with Crippen molar-refractivity contribution in [3.05, 3.63) is 52.3 Å². The molecule has 3 heterocycles. The second-order valence-corrected chi connectivity index (χ2v) is 7.95. The van der Waals surface area contributed by atoms with E-state index >= 15 is 0 Å². The fraction of sp³-hybridized carbons (Fsp3) is 0.524. The quantitative estimate of drug-likeness (QED) is 0.850. The van der Waals surface area contributed by atoms with Gasteiger partial charge in [0, 0.05) is 48.8 Å². The number of benzene rings is 1. The number of aromatic amines is 1. The standard InChI is InChI=1S/C21H26N4O.ClH/c26-21(17-7-2-1-6-16(17)15-8-10-22-12-15)25-11-9-19-18(13-25)20(24-23-19)14-4-3-5-14;/h1-2,6-7,14-15,22H,3-5,8-13H2,(H,23,24);1H. The number of carbonyl (C=O) groups is 1. The summed E-state index contributed by atoms with van der Waals surface area (Å²) in [5, 5.41) is 11.3. The molecule has 1 atom stereocenters. The van der Waals surface area contributed by atoms with Crippen LogP contribution in [0.3, 0.4) is 0 Å². The van der Waals surface area contributed by atoms with Crippen molar-refractivity contribution in [2.75, 3.05) is 19.6 Å². The third-order valence-corrected chi connectivity index (χ3v) is 6.44. The summed E-state index contributed by atoms with van der Waals surface area (Å²) in [6, 6.07) is 8.20. The van der Waals surface area contributed by atoms with E-state index in [9.17, 15) is 4.79 Å². The number of carbonyl (C=O) groups excluding carboxylic acids is 1. The Hall–Kier alpha value is -1.85. The fourth-order valence-corrected chi connectivity index (χ4v) is 4.65. The lowest BCUT2D eigenvalue weighted by Gasteiger charge is -2.31. The zero-order valence-electron chi connectivity index (χ0n) is 15.5. The molecule has 1 aromatic heterocycles. The minimum Gasteiger partial charge on any atom is -0.334 e. The molecule has 2 N–H and O–H groups in total. The summed E-state index contributed by atoms with van der Waals surface area (Å²) < 4.78 is 0. The smallest absolute Gasteiger partial charge is 0.254 e. The van der Waals surface area contributed by atoms with Gasteiger partial charge in [-0.05, 0) is 43.4 Å². The van der Waals surface area contributed by atoms with Crippen LogP contribution in [0.15, 0.2) is 24.3 Å². The predicted octanol–water partition coefficient (Wildman–Crippen LogP) is 3.37. The Kier molecular flexibility index (Phi) is 5.24. The number of aromatic nitrogens is 2. The maximum absolute atomic E-state index is 13.3. The van der Waals surface area contributed by atoms with Gasteiger partial charge >= 0.3 is 0 Å². The van der Waals surface area contributed by atoms with Gasteiger partial charge in [-0.25, -0.2) is 0 Å². The van der Waals surface area contributed by atoms with Crippen molar-refractivity contribution in [2.24, 2.45) is 0 Å². The van der Waals surface area contributed by atoms with Gasteiger partial charge in [0.2, 0.25) is 0 Å². The van der Waals surface area contributed by atoms with E-state index in [0.717, 1.165) is 38.0 Å². The third kappa shape index (κ3) is 3.27. The van der Waals surface area contributed by atoms with Crippen molar-refractivity contribution >= 4 is 18.3 Å². The lowest BCUT2D eigenvalue weighted by atomic mass is 9.80. The minimum absolute atomic E-state index is 0. The number of amides is 1. The maximum atomic E-state index is 13.3. The van der Waals surface area contributed by atoms with Gasteiger partial charge in [0.15, 0.2) is 0 Å². The minimum atomic E-state index is 0. The van der Waals surface area contributed by atoms with Gasteiger partial charge in [-0.3, -0.25) is 9.89 Å². The van der Waals surface area contributed by atoms with Crippen molar-refractivity contribution in [1.29, 1.82) is 0 Å². The molecule has 5 nitrogen and oxygen atoms in total. The highest BCUT2D eigenvalue weighted by atomic mass is 35.5. The molecule has 2 fully saturated rings. The molecular weight excluding hydrogens is 360 g/mol. The van der Waals surface area contributed by atoms with E-state index in [0.29, 0.717) is 18.4 Å². The maximum Gasteiger partial charge on any atom is 0.254 e. The largest absolute Gasteiger partial charge is 0.334 e. The number of hydrogen-bond acceptors (Lipinski definition) is 3. The Morgan fingerprint density at radius 2 is 2.00 bits per heavy atom. The molecule has 3 aliphatic rings. The normalized spacial score (nSPS) is 22.1. The molecule has 1 saturated heterocycles. The molecular formula is C21H27ClN4O. The van der Waals surface area contributed by atoms with E-state index in [2.05, 4.69) is 27.6 Å². The molecule has 2 aliphatic heterocycles. The summed E-state index contributed by atoms with van der Waals surface area (Å²) >= 11 is 0. The fourth-order valence-electron chi connectivity index (χ4n) is 4.65. The third-order valence-electron chi connectivity index (χ3n) is 6.44. The van der Waals surface area contributed by atoms with Crippen LogP contribution in [-0.2, 0) is 13.0 Å². The topological polar surface area (TPSA) is 61.0 Å². The molecule has 1 aromatic carbocycles. The van der Waals surface area contributed by atoms with Crippen LogP contribution in [0.5, 0.6) is 0 Å². The van der Waals surface area contributed by atoms with Gasteiger partial charge in [0.25, 0.3) is 5.91 Å². The van der Waals surface area contributed by atoms with Gasteiger partial charge < -0.3 is 10.2 Å². The van der Waals surface area contributed by atoms with E-state index in [1.54, 1.807) is 0 Å². The highest BCUT2D eigenvalue weighted by Crippen LogP contribution is 2.39. The number of halogens is 1. The van der Waals surface area contributed by atoms with E-state index in [-0.39, 0.29) is 18.3 Å². The van der Waals surface area contributed by atoms with Crippen LogP contribution in [0.1, 0.15) is 70.4 Å².